The van der Waals surface area contributed by atoms with Gasteiger partial charge in [-0.05, 0) is 17.7 Å². The van der Waals surface area contributed by atoms with Gasteiger partial charge in [0.15, 0.2) is 0 Å². The maximum atomic E-state index is 12.3. The van der Waals surface area contributed by atoms with Gasteiger partial charge in [-0.1, -0.05) is 12.1 Å². The van der Waals surface area contributed by atoms with Crippen LogP contribution in [0.2, 0.25) is 0 Å². The van der Waals surface area contributed by atoms with Gasteiger partial charge in [-0.2, -0.15) is 0 Å². The molecule has 1 aromatic rings. The molecule has 0 spiro atoms. The molecule has 1 aromatic carbocycles. The van der Waals surface area contributed by atoms with Crippen LogP contribution in [-0.2, 0) is 16.1 Å². The first kappa shape index (κ1) is 12.1. The molecule has 6 nitrogen and oxygen atoms in total. The number of hydrogen-bond acceptors (Lipinski definition) is 4. The number of anilines is 1. The van der Waals surface area contributed by atoms with Gasteiger partial charge < -0.3 is 15.8 Å². The van der Waals surface area contributed by atoms with Crippen molar-refractivity contribution in [3.63, 3.8) is 0 Å². The normalized spacial score (nSPS) is 26.3. The van der Waals surface area contributed by atoms with E-state index in [-0.39, 0.29) is 17.9 Å². The second-order valence-corrected chi connectivity index (χ2v) is 4.74. The number of rotatable bonds is 2. The molecule has 2 unspecified atom stereocenters. The van der Waals surface area contributed by atoms with Crippen LogP contribution in [0.15, 0.2) is 24.3 Å². The number of urea groups is 1. The molecule has 2 fully saturated rings. The Balaban J connectivity index is 1.89. The molecule has 0 aliphatic carbocycles. The lowest BCUT2D eigenvalue weighted by molar-refractivity contribution is -0.122. The smallest absolute Gasteiger partial charge is 0.329 e. The van der Waals surface area contributed by atoms with Gasteiger partial charge in [0.05, 0.1) is 30.9 Å². The Bertz CT molecular complexity index is 514. The minimum Gasteiger partial charge on any atom is -0.378 e. The van der Waals surface area contributed by atoms with E-state index in [2.05, 4.69) is 5.32 Å². The number of nitrogens with zero attached hydrogens (tertiary/aromatic N) is 1. The number of fused-ring (bicyclic) bond motifs is 1. The van der Waals surface area contributed by atoms with Crippen LogP contribution in [0, 0.1) is 5.92 Å². The molecular formula is C13H15N3O3. The first-order valence-electron chi connectivity index (χ1n) is 6.22. The molecule has 0 aromatic heterocycles. The Morgan fingerprint density at radius 2 is 2.00 bits per heavy atom. The third-order valence-corrected chi connectivity index (χ3v) is 3.56. The monoisotopic (exact) mass is 261 g/mol. The van der Waals surface area contributed by atoms with Gasteiger partial charge in [0.1, 0.15) is 0 Å². The van der Waals surface area contributed by atoms with Crippen LogP contribution in [0.25, 0.3) is 0 Å². The molecule has 2 saturated heterocycles. The number of nitrogens with two attached hydrogens (primary N) is 1. The average Bonchev–Trinajstić information content (AvgIpc) is 2.88. The van der Waals surface area contributed by atoms with E-state index in [1.54, 1.807) is 12.1 Å². The minimum absolute atomic E-state index is 0.195. The van der Waals surface area contributed by atoms with Crippen LogP contribution in [0.4, 0.5) is 10.5 Å². The highest BCUT2D eigenvalue weighted by Gasteiger charge is 2.44. The summed E-state index contributed by atoms with van der Waals surface area (Å²) in [6, 6.07) is 6.50. The topological polar surface area (TPSA) is 84.7 Å². The zero-order chi connectivity index (χ0) is 13.4. The van der Waals surface area contributed by atoms with Crippen molar-refractivity contribution in [3.05, 3.63) is 29.8 Å². The zero-order valence-corrected chi connectivity index (χ0v) is 10.3. The molecule has 6 heteroatoms. The summed E-state index contributed by atoms with van der Waals surface area (Å²) in [4.78, 5) is 25.5. The molecule has 2 aliphatic rings. The van der Waals surface area contributed by atoms with Crippen molar-refractivity contribution in [1.29, 1.82) is 0 Å². The number of carbonyl (C=O) groups excluding carboxylic acids is 2. The minimum atomic E-state index is -0.391. The molecule has 2 atom stereocenters. The number of imide groups is 1. The van der Waals surface area contributed by atoms with Gasteiger partial charge in [0, 0.05) is 6.54 Å². The Labute approximate surface area is 110 Å². The Hall–Kier alpha value is -1.92. The predicted molar refractivity (Wildman–Crippen MR) is 68.4 cm³/mol. The van der Waals surface area contributed by atoms with Gasteiger partial charge in [0.2, 0.25) is 5.91 Å². The molecule has 19 heavy (non-hydrogen) atoms. The Morgan fingerprint density at radius 3 is 2.68 bits per heavy atom. The first-order valence-corrected chi connectivity index (χ1v) is 6.22. The summed E-state index contributed by atoms with van der Waals surface area (Å²) in [5, 5.41) is 2.80. The SMILES string of the molecule is NCc1ccc(N2C(=O)NC3COCC3C2=O)cc1. The fourth-order valence-electron chi connectivity index (χ4n) is 2.45. The summed E-state index contributed by atoms with van der Waals surface area (Å²) < 4.78 is 5.25. The third kappa shape index (κ3) is 1.98. The van der Waals surface area contributed by atoms with Crippen molar-refractivity contribution < 1.29 is 14.3 Å². The van der Waals surface area contributed by atoms with E-state index >= 15 is 0 Å². The maximum absolute atomic E-state index is 12.3. The fraction of sp³-hybridized carbons (Fsp3) is 0.385. The standard InChI is InChI=1S/C13H15N3O3/c14-5-8-1-3-9(4-2-8)16-12(17)10-6-19-7-11(10)15-13(16)18/h1-4,10-11H,5-7,14H2,(H,15,18). The quantitative estimate of drug-likeness (QED) is 0.797. The van der Waals surface area contributed by atoms with Crippen LogP contribution in [0.5, 0.6) is 0 Å². The number of amides is 3. The highest BCUT2D eigenvalue weighted by atomic mass is 16.5. The van der Waals surface area contributed by atoms with Crippen molar-refractivity contribution in [3.8, 4) is 0 Å². The summed E-state index contributed by atoms with van der Waals surface area (Å²) in [7, 11) is 0. The molecule has 2 aliphatic heterocycles. The van der Waals surface area contributed by atoms with E-state index in [4.69, 9.17) is 10.5 Å². The molecule has 0 bridgehead atoms. The number of nitrogens with one attached hydrogen (secondary N) is 1. The van der Waals surface area contributed by atoms with Crippen molar-refractivity contribution in [2.24, 2.45) is 11.7 Å². The highest BCUT2D eigenvalue weighted by Crippen LogP contribution is 2.26. The van der Waals surface area contributed by atoms with Gasteiger partial charge >= 0.3 is 6.03 Å². The van der Waals surface area contributed by atoms with E-state index in [0.717, 1.165) is 5.56 Å². The summed E-state index contributed by atoms with van der Waals surface area (Å²) in [5.41, 5.74) is 7.04. The molecule has 3 N–H and O–H groups in total. The highest BCUT2D eigenvalue weighted by molar-refractivity contribution is 6.17. The van der Waals surface area contributed by atoms with E-state index in [0.29, 0.717) is 25.4 Å². The summed E-state index contributed by atoms with van der Waals surface area (Å²) in [6.45, 7) is 1.20. The van der Waals surface area contributed by atoms with Gasteiger partial charge in [-0.3, -0.25) is 4.79 Å². The number of carbonyl (C=O) groups is 2. The second kappa shape index (κ2) is 4.64. The van der Waals surface area contributed by atoms with Gasteiger partial charge in [-0.25, -0.2) is 9.69 Å². The van der Waals surface area contributed by atoms with Crippen molar-refractivity contribution in [2.75, 3.05) is 18.1 Å². The summed E-state index contributed by atoms with van der Waals surface area (Å²) in [6.07, 6.45) is 0. The average molecular weight is 261 g/mol. The Morgan fingerprint density at radius 1 is 1.26 bits per heavy atom. The fourth-order valence-corrected chi connectivity index (χ4v) is 2.45. The second-order valence-electron chi connectivity index (χ2n) is 4.74. The lowest BCUT2D eigenvalue weighted by Crippen LogP contribution is -2.60. The molecule has 2 heterocycles. The summed E-state index contributed by atoms with van der Waals surface area (Å²) >= 11 is 0. The van der Waals surface area contributed by atoms with Crippen LogP contribution in [-0.4, -0.2) is 31.2 Å². The molecule has 0 radical (unpaired) electrons. The predicted octanol–water partition coefficient (Wildman–Crippen LogP) is 0.216. The lowest BCUT2D eigenvalue weighted by atomic mass is 9.99. The van der Waals surface area contributed by atoms with Crippen LogP contribution in [0.3, 0.4) is 0 Å². The molecular weight excluding hydrogens is 246 g/mol. The van der Waals surface area contributed by atoms with Crippen LogP contribution in [0.1, 0.15) is 5.56 Å². The van der Waals surface area contributed by atoms with Crippen LogP contribution < -0.4 is 16.0 Å². The lowest BCUT2D eigenvalue weighted by Gasteiger charge is -2.32. The van der Waals surface area contributed by atoms with E-state index < -0.39 is 6.03 Å². The third-order valence-electron chi connectivity index (χ3n) is 3.56. The van der Waals surface area contributed by atoms with Crippen molar-refractivity contribution >= 4 is 17.6 Å². The van der Waals surface area contributed by atoms with E-state index in [9.17, 15) is 9.59 Å². The van der Waals surface area contributed by atoms with E-state index in [1.807, 2.05) is 12.1 Å². The molecule has 3 amide bonds. The molecule has 0 saturated carbocycles. The number of ether oxygens (including phenoxy) is 1. The van der Waals surface area contributed by atoms with Crippen molar-refractivity contribution in [2.45, 2.75) is 12.6 Å². The van der Waals surface area contributed by atoms with Gasteiger partial charge in [0.25, 0.3) is 0 Å². The first-order chi connectivity index (χ1) is 9.20. The number of hydrogen-bond donors (Lipinski definition) is 2. The largest absolute Gasteiger partial charge is 0.378 e. The number of benzene rings is 1. The zero-order valence-electron chi connectivity index (χ0n) is 10.3. The summed E-state index contributed by atoms with van der Waals surface area (Å²) in [5.74, 6) is -0.487. The van der Waals surface area contributed by atoms with E-state index in [1.165, 1.54) is 4.90 Å². The van der Waals surface area contributed by atoms with Gasteiger partial charge in [-0.15, -0.1) is 0 Å². The maximum Gasteiger partial charge on any atom is 0.329 e. The molecule has 100 valence electrons. The Kier molecular flexibility index (Phi) is 2.96. The van der Waals surface area contributed by atoms with Crippen molar-refractivity contribution in [1.82, 2.24) is 5.32 Å². The van der Waals surface area contributed by atoms with Crippen LogP contribution >= 0.6 is 0 Å². The molecule has 3 rings (SSSR count).